The van der Waals surface area contributed by atoms with Crippen molar-refractivity contribution in [2.24, 2.45) is 0 Å². The molecular weight excluding hydrogens is 303 g/mol. The number of aryl methyl sites for hydroxylation is 1. The van der Waals surface area contributed by atoms with E-state index in [0.717, 1.165) is 24.0 Å². The summed E-state index contributed by atoms with van der Waals surface area (Å²) in [6, 6.07) is 5.58. The molecule has 1 aliphatic rings. The summed E-state index contributed by atoms with van der Waals surface area (Å²) in [5.74, 6) is -0.337. The van der Waals surface area contributed by atoms with Crippen LogP contribution in [0.3, 0.4) is 0 Å². The van der Waals surface area contributed by atoms with Crippen LogP contribution >= 0.6 is 7.60 Å². The maximum absolute atomic E-state index is 12.9. The quantitative estimate of drug-likeness (QED) is 0.435. The van der Waals surface area contributed by atoms with Crippen molar-refractivity contribution in [1.82, 2.24) is 0 Å². The van der Waals surface area contributed by atoms with Crippen LogP contribution in [0.4, 0.5) is 0 Å². The normalized spacial score (nSPS) is 23.3. The van der Waals surface area contributed by atoms with Crippen molar-refractivity contribution >= 4 is 18.9 Å². The number of hydrogen-bond acceptors (Lipinski definition) is 5. The van der Waals surface area contributed by atoms with Crippen molar-refractivity contribution in [2.45, 2.75) is 46.1 Å². The summed E-state index contributed by atoms with van der Waals surface area (Å²) in [6.45, 7) is 6.37. The zero-order valence-corrected chi connectivity index (χ0v) is 14.2. The summed E-state index contributed by atoms with van der Waals surface area (Å²) in [5, 5.41) is 0.600. The Hall–Kier alpha value is -1.16. The monoisotopic (exact) mass is 326 g/mol. The molecule has 0 saturated carbocycles. The Morgan fingerprint density at radius 3 is 2.82 bits per heavy atom. The largest absolute Gasteiger partial charge is 0.466 e. The standard InChI is InChI=1S/C16H23O5P/c1-4-6-10-19-15(17)11-14-13-9-7-8-12(3)16(13)22(18,21-14)20-5-2/h7-9,14H,4-6,10-11H2,1-3H3. The van der Waals surface area contributed by atoms with Crippen LogP contribution in [0.2, 0.25) is 0 Å². The molecule has 6 heteroatoms. The molecule has 0 radical (unpaired) electrons. The highest BCUT2D eigenvalue weighted by atomic mass is 31.2. The molecular formula is C16H23O5P. The van der Waals surface area contributed by atoms with E-state index in [1.54, 1.807) is 6.92 Å². The third kappa shape index (κ3) is 3.60. The summed E-state index contributed by atoms with van der Waals surface area (Å²) in [4.78, 5) is 11.9. The molecule has 2 rings (SSSR count). The summed E-state index contributed by atoms with van der Waals surface area (Å²) in [6.07, 6.45) is 1.29. The van der Waals surface area contributed by atoms with Crippen LogP contribution in [0.25, 0.3) is 0 Å². The van der Waals surface area contributed by atoms with Gasteiger partial charge >= 0.3 is 13.6 Å². The first-order chi connectivity index (χ1) is 10.5. The van der Waals surface area contributed by atoms with Gasteiger partial charge in [0.25, 0.3) is 0 Å². The molecule has 1 aromatic carbocycles. The number of esters is 1. The van der Waals surface area contributed by atoms with Gasteiger partial charge in [-0.05, 0) is 31.4 Å². The summed E-state index contributed by atoms with van der Waals surface area (Å²) < 4.78 is 29.1. The highest BCUT2D eigenvalue weighted by molar-refractivity contribution is 7.62. The maximum Gasteiger partial charge on any atom is 0.362 e. The number of rotatable bonds is 7. The molecule has 0 amide bonds. The van der Waals surface area contributed by atoms with E-state index in [1.165, 1.54) is 0 Å². The average molecular weight is 326 g/mol. The predicted octanol–water partition coefficient (Wildman–Crippen LogP) is 3.65. The van der Waals surface area contributed by atoms with Gasteiger partial charge in [0.05, 0.1) is 24.9 Å². The zero-order valence-electron chi connectivity index (χ0n) is 13.3. The van der Waals surface area contributed by atoms with Gasteiger partial charge in [-0.15, -0.1) is 0 Å². The van der Waals surface area contributed by atoms with Crippen LogP contribution in [0.1, 0.15) is 50.3 Å². The third-order valence-corrected chi connectivity index (χ3v) is 5.86. The fourth-order valence-electron chi connectivity index (χ4n) is 2.55. The molecule has 0 bridgehead atoms. The lowest BCUT2D eigenvalue weighted by Gasteiger charge is -2.14. The second-order valence-corrected chi connectivity index (χ2v) is 7.21. The smallest absolute Gasteiger partial charge is 0.362 e. The number of carbonyl (C=O) groups excluding carboxylic acids is 1. The molecule has 1 heterocycles. The minimum Gasteiger partial charge on any atom is -0.466 e. The van der Waals surface area contributed by atoms with Crippen LogP contribution in [-0.4, -0.2) is 19.2 Å². The molecule has 2 unspecified atom stereocenters. The number of unbranched alkanes of at least 4 members (excludes halogenated alkanes) is 1. The van der Waals surface area contributed by atoms with Crippen molar-refractivity contribution in [3.8, 4) is 0 Å². The molecule has 0 spiro atoms. The predicted molar refractivity (Wildman–Crippen MR) is 84.4 cm³/mol. The van der Waals surface area contributed by atoms with Crippen LogP contribution in [-0.2, 0) is 23.1 Å². The Labute approximate surface area is 131 Å². The molecule has 122 valence electrons. The van der Waals surface area contributed by atoms with E-state index in [-0.39, 0.29) is 12.4 Å². The van der Waals surface area contributed by atoms with E-state index in [1.807, 2.05) is 32.0 Å². The first-order valence-corrected chi connectivity index (χ1v) is 9.24. The Morgan fingerprint density at radius 1 is 1.36 bits per heavy atom. The minimum absolute atomic E-state index is 0.0528. The summed E-state index contributed by atoms with van der Waals surface area (Å²) >= 11 is 0. The number of fused-ring (bicyclic) bond motifs is 1. The molecule has 2 atom stereocenters. The van der Waals surface area contributed by atoms with Crippen molar-refractivity contribution in [3.05, 3.63) is 29.3 Å². The van der Waals surface area contributed by atoms with Crippen molar-refractivity contribution in [2.75, 3.05) is 13.2 Å². The van der Waals surface area contributed by atoms with Gasteiger partial charge in [-0.3, -0.25) is 13.9 Å². The Kier molecular flexibility index (Phi) is 5.79. The van der Waals surface area contributed by atoms with Gasteiger partial charge in [-0.25, -0.2) is 0 Å². The van der Waals surface area contributed by atoms with E-state index in [9.17, 15) is 9.36 Å². The Balaban J connectivity index is 2.17. The fraction of sp³-hybridized carbons (Fsp3) is 0.562. The Morgan fingerprint density at radius 2 is 2.14 bits per heavy atom. The fourth-order valence-corrected chi connectivity index (χ4v) is 4.75. The molecule has 0 aliphatic carbocycles. The van der Waals surface area contributed by atoms with Gasteiger partial charge in [-0.2, -0.15) is 0 Å². The minimum atomic E-state index is -3.35. The highest BCUT2D eigenvalue weighted by Gasteiger charge is 2.44. The van der Waals surface area contributed by atoms with Gasteiger partial charge in [-0.1, -0.05) is 31.5 Å². The molecule has 1 aliphatic heterocycles. The molecule has 0 aromatic heterocycles. The molecule has 22 heavy (non-hydrogen) atoms. The Bertz CT molecular complexity index is 584. The number of ether oxygens (including phenoxy) is 1. The van der Waals surface area contributed by atoms with Gasteiger partial charge in [0, 0.05) is 0 Å². The van der Waals surface area contributed by atoms with Crippen LogP contribution in [0.15, 0.2) is 18.2 Å². The van der Waals surface area contributed by atoms with Crippen LogP contribution in [0, 0.1) is 6.92 Å². The lowest BCUT2D eigenvalue weighted by molar-refractivity contribution is -0.145. The van der Waals surface area contributed by atoms with E-state index in [2.05, 4.69) is 0 Å². The van der Waals surface area contributed by atoms with Gasteiger partial charge in [0.1, 0.15) is 6.10 Å². The molecule has 0 fully saturated rings. The first-order valence-electron chi connectivity index (χ1n) is 7.70. The molecule has 0 saturated heterocycles. The third-order valence-electron chi connectivity index (χ3n) is 3.57. The molecule has 1 aromatic rings. The lowest BCUT2D eigenvalue weighted by atomic mass is 10.0. The topological polar surface area (TPSA) is 61.8 Å². The van der Waals surface area contributed by atoms with Crippen LogP contribution in [0.5, 0.6) is 0 Å². The average Bonchev–Trinajstić information content (AvgIpc) is 2.73. The second kappa shape index (κ2) is 7.40. The first kappa shape index (κ1) is 17.2. The summed E-state index contributed by atoms with van der Waals surface area (Å²) in [7, 11) is -3.35. The van der Waals surface area contributed by atoms with Gasteiger partial charge in [0.15, 0.2) is 0 Å². The number of hydrogen-bond donors (Lipinski definition) is 0. The highest BCUT2D eigenvalue weighted by Crippen LogP contribution is 2.58. The van der Waals surface area contributed by atoms with E-state index in [4.69, 9.17) is 13.8 Å². The van der Waals surface area contributed by atoms with Gasteiger partial charge in [0.2, 0.25) is 0 Å². The van der Waals surface area contributed by atoms with Crippen molar-refractivity contribution in [1.29, 1.82) is 0 Å². The molecule has 5 nitrogen and oxygen atoms in total. The molecule has 0 N–H and O–H groups in total. The van der Waals surface area contributed by atoms with Crippen molar-refractivity contribution in [3.63, 3.8) is 0 Å². The zero-order chi connectivity index (χ0) is 16.2. The second-order valence-electron chi connectivity index (χ2n) is 5.30. The van der Waals surface area contributed by atoms with Crippen molar-refractivity contribution < 1.29 is 23.1 Å². The lowest BCUT2D eigenvalue weighted by Crippen LogP contribution is -2.12. The number of carbonyl (C=O) groups is 1. The van der Waals surface area contributed by atoms with Crippen LogP contribution < -0.4 is 5.30 Å². The van der Waals surface area contributed by atoms with E-state index < -0.39 is 13.7 Å². The SMILES string of the molecule is CCCCOC(=O)CC1OP(=O)(OCC)c2c(C)cccc21. The summed E-state index contributed by atoms with van der Waals surface area (Å²) in [5.41, 5.74) is 1.63. The number of benzene rings is 1. The van der Waals surface area contributed by atoms with Gasteiger partial charge < -0.3 is 9.26 Å². The van der Waals surface area contributed by atoms with E-state index >= 15 is 0 Å². The van der Waals surface area contributed by atoms with E-state index in [0.29, 0.717) is 18.5 Å². The maximum atomic E-state index is 12.9.